The lowest BCUT2D eigenvalue weighted by Gasteiger charge is -2.09. The number of hydrogen-bond donors (Lipinski definition) is 1. The average molecular weight is 391 g/mol. The van der Waals surface area contributed by atoms with Gasteiger partial charge >= 0.3 is 5.97 Å². The highest BCUT2D eigenvalue weighted by Crippen LogP contribution is 2.20. The molecule has 1 atom stereocenters. The molecule has 0 spiro atoms. The minimum Gasteiger partial charge on any atom is -0.452 e. The number of benzene rings is 2. The molecule has 6 nitrogen and oxygen atoms in total. The van der Waals surface area contributed by atoms with Crippen molar-refractivity contribution in [3.8, 4) is 6.07 Å². The molecule has 1 amide bonds. The van der Waals surface area contributed by atoms with E-state index in [1.54, 1.807) is 25.1 Å². The van der Waals surface area contributed by atoms with Gasteiger partial charge < -0.3 is 10.1 Å². The maximum absolute atomic E-state index is 12.2. The zero-order valence-corrected chi connectivity index (χ0v) is 15.4. The van der Waals surface area contributed by atoms with E-state index in [1.807, 2.05) is 6.07 Å². The topological polar surface area (TPSA) is 96.3 Å². The van der Waals surface area contributed by atoms with Crippen LogP contribution < -0.4 is 5.32 Å². The van der Waals surface area contributed by atoms with Crippen LogP contribution in [-0.4, -0.2) is 28.4 Å². The molecule has 0 aliphatic carbocycles. The van der Waals surface area contributed by atoms with E-state index < -0.39 is 29.3 Å². The van der Waals surface area contributed by atoms with Crippen LogP contribution in [0.1, 0.15) is 22.8 Å². The van der Waals surface area contributed by atoms with Crippen molar-refractivity contribution in [3.63, 3.8) is 0 Å². The molecule has 0 fully saturated rings. The van der Waals surface area contributed by atoms with Crippen LogP contribution in [-0.2, 0) is 20.3 Å². The maximum atomic E-state index is 12.2. The normalized spacial score (nSPS) is 11.3. The third kappa shape index (κ3) is 4.91. The largest absolute Gasteiger partial charge is 0.452 e. The predicted octanol–water partition coefficient (Wildman–Crippen LogP) is 3.13. The summed E-state index contributed by atoms with van der Waals surface area (Å²) in [7, 11) is -1.32. The number of rotatable bonds is 6. The van der Waals surface area contributed by atoms with Crippen molar-refractivity contribution in [1.82, 2.24) is 0 Å². The number of nitrogens with zero attached hydrogens (tertiary/aromatic N) is 1. The first-order chi connectivity index (χ1) is 12.5. The van der Waals surface area contributed by atoms with Crippen molar-refractivity contribution < 1.29 is 18.5 Å². The Morgan fingerprint density at radius 1 is 1.27 bits per heavy atom. The molecule has 134 valence electrons. The highest BCUT2D eigenvalue weighted by atomic mass is 35.5. The molecule has 26 heavy (non-hydrogen) atoms. The van der Waals surface area contributed by atoms with Crippen LogP contribution in [0, 0.1) is 11.3 Å². The maximum Gasteiger partial charge on any atom is 0.339 e. The molecule has 0 aliphatic rings. The van der Waals surface area contributed by atoms with Gasteiger partial charge in [-0.1, -0.05) is 30.7 Å². The van der Waals surface area contributed by atoms with E-state index in [1.165, 1.54) is 24.3 Å². The van der Waals surface area contributed by atoms with Crippen LogP contribution in [0.3, 0.4) is 0 Å². The number of ether oxygens (including phenoxy) is 1. The quantitative estimate of drug-likeness (QED) is 0.764. The van der Waals surface area contributed by atoms with Crippen molar-refractivity contribution in [3.05, 3.63) is 58.6 Å². The van der Waals surface area contributed by atoms with Crippen LogP contribution in [0.2, 0.25) is 5.02 Å². The zero-order chi connectivity index (χ0) is 19.1. The lowest BCUT2D eigenvalue weighted by atomic mass is 10.2. The van der Waals surface area contributed by atoms with E-state index >= 15 is 0 Å². The van der Waals surface area contributed by atoms with Crippen LogP contribution in [0.15, 0.2) is 47.4 Å². The van der Waals surface area contributed by atoms with Gasteiger partial charge in [0.2, 0.25) is 0 Å². The van der Waals surface area contributed by atoms with Gasteiger partial charge in [0, 0.05) is 11.4 Å². The molecule has 0 heterocycles. The van der Waals surface area contributed by atoms with Crippen molar-refractivity contribution in [2.24, 2.45) is 0 Å². The van der Waals surface area contributed by atoms with E-state index in [0.717, 1.165) is 0 Å². The summed E-state index contributed by atoms with van der Waals surface area (Å²) in [6, 6.07) is 12.7. The first-order valence-corrected chi connectivity index (χ1v) is 9.30. The number of nitrogens with one attached hydrogen (secondary N) is 1. The molecule has 0 radical (unpaired) electrons. The number of anilines is 1. The second-order valence-corrected chi connectivity index (χ2v) is 7.18. The minimum atomic E-state index is -1.32. The molecule has 0 saturated heterocycles. The SMILES string of the molecule is CCS(=O)c1ccccc1C(=O)OCC(=O)Nc1ccc(C#N)c(Cl)c1. The fourth-order valence-corrected chi connectivity index (χ4v) is 3.24. The standard InChI is InChI=1S/C18H15ClN2O4S/c1-2-26(24)16-6-4-3-5-14(16)18(23)25-11-17(22)21-13-8-7-12(10-20)15(19)9-13/h3-9H,2,11H2,1H3,(H,21,22). The molecular weight excluding hydrogens is 376 g/mol. The van der Waals surface area contributed by atoms with Gasteiger partial charge in [0.25, 0.3) is 5.91 Å². The molecule has 1 N–H and O–H groups in total. The number of carbonyl (C=O) groups is 2. The lowest BCUT2D eigenvalue weighted by molar-refractivity contribution is -0.119. The van der Waals surface area contributed by atoms with Crippen molar-refractivity contribution >= 4 is 40.0 Å². The summed E-state index contributed by atoms with van der Waals surface area (Å²) in [5.41, 5.74) is 0.834. The Balaban J connectivity index is 2.00. The third-order valence-electron chi connectivity index (χ3n) is 3.32. The molecule has 0 aromatic heterocycles. The Bertz CT molecular complexity index is 908. The summed E-state index contributed by atoms with van der Waals surface area (Å²) in [5.74, 6) is -0.923. The molecule has 2 rings (SSSR count). The summed E-state index contributed by atoms with van der Waals surface area (Å²) in [5, 5.41) is 11.5. The van der Waals surface area contributed by atoms with E-state index in [4.69, 9.17) is 21.6 Å². The van der Waals surface area contributed by atoms with Crippen molar-refractivity contribution in [2.75, 3.05) is 17.7 Å². The van der Waals surface area contributed by atoms with Crippen molar-refractivity contribution in [1.29, 1.82) is 5.26 Å². The fourth-order valence-electron chi connectivity index (χ4n) is 2.08. The predicted molar refractivity (Wildman–Crippen MR) is 98.5 cm³/mol. The first-order valence-electron chi connectivity index (χ1n) is 7.60. The minimum absolute atomic E-state index is 0.168. The van der Waals surface area contributed by atoms with Gasteiger partial charge in [-0.3, -0.25) is 9.00 Å². The zero-order valence-electron chi connectivity index (χ0n) is 13.8. The summed E-state index contributed by atoms with van der Waals surface area (Å²) < 4.78 is 17.0. The highest BCUT2D eigenvalue weighted by Gasteiger charge is 2.17. The Hall–Kier alpha value is -2.69. The van der Waals surface area contributed by atoms with Crippen LogP contribution in [0.25, 0.3) is 0 Å². The monoisotopic (exact) mass is 390 g/mol. The summed E-state index contributed by atoms with van der Waals surface area (Å²) >= 11 is 5.89. The Kier molecular flexibility index (Phi) is 6.89. The number of halogens is 1. The smallest absolute Gasteiger partial charge is 0.339 e. The Morgan fingerprint density at radius 3 is 2.65 bits per heavy atom. The van der Waals surface area contributed by atoms with Crippen LogP contribution in [0.5, 0.6) is 0 Å². The van der Waals surface area contributed by atoms with Gasteiger partial charge in [0.05, 0.1) is 31.8 Å². The second-order valence-electron chi connectivity index (χ2n) is 5.06. The van der Waals surface area contributed by atoms with E-state index in [9.17, 15) is 13.8 Å². The molecule has 2 aromatic carbocycles. The molecule has 0 saturated carbocycles. The number of carbonyl (C=O) groups excluding carboxylic acids is 2. The average Bonchev–Trinajstić information content (AvgIpc) is 2.65. The van der Waals surface area contributed by atoms with E-state index in [-0.39, 0.29) is 16.1 Å². The molecule has 1 unspecified atom stereocenters. The van der Waals surface area contributed by atoms with Gasteiger partial charge in [-0.25, -0.2) is 4.79 Å². The highest BCUT2D eigenvalue weighted by molar-refractivity contribution is 7.85. The van der Waals surface area contributed by atoms with Gasteiger partial charge in [-0.05, 0) is 30.3 Å². The van der Waals surface area contributed by atoms with E-state index in [2.05, 4.69) is 5.32 Å². The van der Waals surface area contributed by atoms with Gasteiger partial charge in [-0.15, -0.1) is 0 Å². The van der Waals surface area contributed by atoms with Gasteiger partial charge in [0.1, 0.15) is 6.07 Å². The number of hydrogen-bond acceptors (Lipinski definition) is 5. The molecule has 8 heteroatoms. The number of nitriles is 1. The van der Waals surface area contributed by atoms with Crippen molar-refractivity contribution in [2.45, 2.75) is 11.8 Å². The second kappa shape index (κ2) is 9.13. The van der Waals surface area contributed by atoms with E-state index in [0.29, 0.717) is 16.3 Å². The van der Waals surface area contributed by atoms with Crippen LogP contribution >= 0.6 is 11.6 Å². The summed E-state index contributed by atoms with van der Waals surface area (Å²) in [4.78, 5) is 24.5. The Morgan fingerprint density at radius 2 is 2.00 bits per heavy atom. The van der Waals surface area contributed by atoms with Crippen LogP contribution in [0.4, 0.5) is 5.69 Å². The Labute approximate surface area is 158 Å². The molecule has 0 bridgehead atoms. The molecular formula is C18H15ClN2O4S. The number of amides is 1. The summed E-state index contributed by atoms with van der Waals surface area (Å²) in [6.07, 6.45) is 0. The number of esters is 1. The summed E-state index contributed by atoms with van der Waals surface area (Å²) in [6.45, 7) is 1.23. The fraction of sp³-hybridized carbons (Fsp3) is 0.167. The van der Waals surface area contributed by atoms with Gasteiger partial charge in [-0.2, -0.15) is 5.26 Å². The molecule has 2 aromatic rings. The lowest BCUT2D eigenvalue weighted by Crippen LogP contribution is -2.21. The van der Waals surface area contributed by atoms with Gasteiger partial charge in [0.15, 0.2) is 6.61 Å². The first kappa shape index (κ1) is 19.6. The third-order valence-corrected chi connectivity index (χ3v) is 5.01. The molecule has 0 aliphatic heterocycles.